The number of aromatic nitrogens is 5. The van der Waals surface area contributed by atoms with Gasteiger partial charge in [-0.05, 0) is 44.6 Å². The molecule has 10 heteroatoms. The number of rotatable bonds is 3. The standard InChI is InChI=1S/C20H21N7O3/c1-11-19(13-6-17-22-10-15(9-21)26(17)18(28)7-13)23-24-27(11)14-4-5-25(20(29)30)16(8-14)12-2-3-12/h6-7,10,12,14,16,22H,2-5,8H2,1H3,(H,29,30)/t14?,16-/m0/s1. The number of aromatic amines is 1. The van der Waals surface area contributed by atoms with E-state index in [1.807, 2.05) is 17.7 Å². The zero-order valence-electron chi connectivity index (χ0n) is 16.4. The van der Waals surface area contributed by atoms with Gasteiger partial charge >= 0.3 is 6.09 Å². The Labute approximate surface area is 171 Å². The topological polar surface area (TPSA) is 132 Å². The number of carbonyl (C=O) groups is 1. The predicted molar refractivity (Wildman–Crippen MR) is 106 cm³/mol. The van der Waals surface area contributed by atoms with Crippen molar-refractivity contribution in [2.75, 3.05) is 6.54 Å². The van der Waals surface area contributed by atoms with E-state index in [0.717, 1.165) is 25.0 Å². The monoisotopic (exact) mass is 407 g/mol. The molecule has 1 saturated carbocycles. The molecule has 10 nitrogen and oxygen atoms in total. The smallest absolute Gasteiger partial charge is 0.407 e. The summed E-state index contributed by atoms with van der Waals surface area (Å²) in [5, 5.41) is 27.4. The maximum atomic E-state index is 12.5. The number of amides is 1. The Morgan fingerprint density at radius 1 is 1.33 bits per heavy atom. The Bertz CT molecular complexity index is 1240. The molecule has 4 heterocycles. The molecule has 2 atom stereocenters. The Hall–Kier alpha value is -3.61. The zero-order chi connectivity index (χ0) is 21.0. The summed E-state index contributed by atoms with van der Waals surface area (Å²) >= 11 is 0. The van der Waals surface area contributed by atoms with Gasteiger partial charge in [0.1, 0.15) is 23.1 Å². The summed E-state index contributed by atoms with van der Waals surface area (Å²) in [6.07, 6.45) is 4.21. The van der Waals surface area contributed by atoms with E-state index in [1.165, 1.54) is 16.7 Å². The summed E-state index contributed by atoms with van der Waals surface area (Å²) in [6.45, 7) is 2.41. The third-order valence-electron chi connectivity index (χ3n) is 6.32. The van der Waals surface area contributed by atoms with Crippen LogP contribution in [0, 0.1) is 24.2 Å². The first-order valence-electron chi connectivity index (χ1n) is 10.0. The lowest BCUT2D eigenvalue weighted by Gasteiger charge is -2.38. The van der Waals surface area contributed by atoms with E-state index >= 15 is 0 Å². The van der Waals surface area contributed by atoms with E-state index in [9.17, 15) is 14.7 Å². The van der Waals surface area contributed by atoms with E-state index in [0.29, 0.717) is 35.8 Å². The number of nitriles is 1. The molecule has 0 bridgehead atoms. The molecule has 0 spiro atoms. The summed E-state index contributed by atoms with van der Waals surface area (Å²) in [7, 11) is 0. The van der Waals surface area contributed by atoms with Gasteiger partial charge in [-0.15, -0.1) is 5.10 Å². The lowest BCUT2D eigenvalue weighted by atomic mass is 9.94. The van der Waals surface area contributed by atoms with Gasteiger partial charge in [-0.3, -0.25) is 9.20 Å². The van der Waals surface area contributed by atoms with Crippen LogP contribution in [-0.2, 0) is 0 Å². The van der Waals surface area contributed by atoms with Gasteiger partial charge in [-0.1, -0.05) is 5.21 Å². The van der Waals surface area contributed by atoms with Crippen LogP contribution in [0.5, 0.6) is 0 Å². The molecule has 1 aliphatic carbocycles. The first-order chi connectivity index (χ1) is 14.5. The molecule has 3 aromatic rings. The second-order valence-corrected chi connectivity index (χ2v) is 8.12. The van der Waals surface area contributed by atoms with Crippen LogP contribution in [0.4, 0.5) is 4.79 Å². The summed E-state index contributed by atoms with van der Waals surface area (Å²) < 4.78 is 3.20. The average molecular weight is 407 g/mol. The zero-order valence-corrected chi connectivity index (χ0v) is 16.4. The number of H-pyrrole nitrogens is 1. The highest BCUT2D eigenvalue weighted by Gasteiger charge is 2.42. The van der Waals surface area contributed by atoms with E-state index in [4.69, 9.17) is 5.26 Å². The summed E-state index contributed by atoms with van der Waals surface area (Å²) in [5.74, 6) is 0.442. The molecule has 1 saturated heterocycles. The van der Waals surface area contributed by atoms with Crippen molar-refractivity contribution in [3.05, 3.63) is 40.1 Å². The van der Waals surface area contributed by atoms with Crippen LogP contribution in [-0.4, -0.2) is 53.1 Å². The molecule has 30 heavy (non-hydrogen) atoms. The van der Waals surface area contributed by atoms with Gasteiger partial charge in [-0.2, -0.15) is 5.26 Å². The van der Waals surface area contributed by atoms with E-state index in [-0.39, 0.29) is 23.3 Å². The molecular weight excluding hydrogens is 386 g/mol. The maximum absolute atomic E-state index is 12.5. The highest BCUT2D eigenvalue weighted by atomic mass is 16.4. The predicted octanol–water partition coefficient (Wildman–Crippen LogP) is 2.16. The van der Waals surface area contributed by atoms with Crippen molar-refractivity contribution in [3.63, 3.8) is 0 Å². The molecule has 1 amide bonds. The van der Waals surface area contributed by atoms with Crippen LogP contribution in [0.25, 0.3) is 16.9 Å². The molecule has 0 aromatic carbocycles. The van der Waals surface area contributed by atoms with Gasteiger partial charge in [0.25, 0.3) is 5.56 Å². The van der Waals surface area contributed by atoms with Crippen molar-refractivity contribution in [3.8, 4) is 17.3 Å². The minimum Gasteiger partial charge on any atom is -0.465 e. The summed E-state index contributed by atoms with van der Waals surface area (Å²) in [5.41, 5.74) is 2.56. The third kappa shape index (κ3) is 2.85. The maximum Gasteiger partial charge on any atom is 0.407 e. The van der Waals surface area contributed by atoms with E-state index in [2.05, 4.69) is 15.3 Å². The number of imidazole rings is 1. The molecule has 2 aliphatic rings. The SMILES string of the molecule is Cc1c(-c2cc(=O)n3c(C#N)c[nH]c3c2)nnn1C1CCN(C(=O)O)[C@H](C2CC2)C1. The molecule has 0 radical (unpaired) electrons. The van der Waals surface area contributed by atoms with Gasteiger partial charge < -0.3 is 15.0 Å². The summed E-state index contributed by atoms with van der Waals surface area (Å²) in [6, 6.07) is 5.34. The van der Waals surface area contributed by atoms with Crippen LogP contribution in [0.3, 0.4) is 0 Å². The third-order valence-corrected chi connectivity index (χ3v) is 6.32. The molecule has 3 aromatic heterocycles. The van der Waals surface area contributed by atoms with Crippen LogP contribution in [0.2, 0.25) is 0 Å². The summed E-state index contributed by atoms with van der Waals surface area (Å²) in [4.78, 5) is 28.7. The van der Waals surface area contributed by atoms with Gasteiger partial charge in [0.2, 0.25) is 0 Å². The second kappa shape index (κ2) is 6.73. The van der Waals surface area contributed by atoms with Crippen molar-refractivity contribution in [2.45, 2.75) is 44.7 Å². The van der Waals surface area contributed by atoms with E-state index < -0.39 is 6.09 Å². The molecule has 5 rings (SSSR count). The average Bonchev–Trinajstić information content (AvgIpc) is 3.38. The van der Waals surface area contributed by atoms with Gasteiger partial charge in [0.15, 0.2) is 0 Å². The van der Waals surface area contributed by atoms with Crippen molar-refractivity contribution < 1.29 is 9.90 Å². The van der Waals surface area contributed by atoms with Crippen molar-refractivity contribution in [1.29, 1.82) is 5.26 Å². The number of nitrogens with one attached hydrogen (secondary N) is 1. The molecule has 2 fully saturated rings. The fourth-order valence-electron chi connectivity index (χ4n) is 4.67. The number of hydrogen-bond donors (Lipinski definition) is 2. The van der Waals surface area contributed by atoms with Crippen LogP contribution in [0.1, 0.15) is 43.1 Å². The molecular formula is C20H21N7O3. The lowest BCUT2D eigenvalue weighted by Crippen LogP contribution is -2.47. The minimum absolute atomic E-state index is 0.0256. The highest BCUT2D eigenvalue weighted by molar-refractivity contribution is 5.67. The van der Waals surface area contributed by atoms with Crippen LogP contribution < -0.4 is 5.56 Å². The first kappa shape index (κ1) is 18.4. The van der Waals surface area contributed by atoms with Crippen molar-refractivity contribution in [2.24, 2.45) is 5.92 Å². The number of fused-ring (bicyclic) bond motifs is 1. The largest absolute Gasteiger partial charge is 0.465 e. The van der Waals surface area contributed by atoms with Gasteiger partial charge in [0, 0.05) is 30.4 Å². The second-order valence-electron chi connectivity index (χ2n) is 8.12. The van der Waals surface area contributed by atoms with Crippen molar-refractivity contribution >= 4 is 11.7 Å². The normalized spacial score (nSPS) is 21.7. The minimum atomic E-state index is -0.849. The molecule has 154 valence electrons. The number of carboxylic acid groups (broad SMARTS) is 1. The quantitative estimate of drug-likeness (QED) is 0.684. The Morgan fingerprint density at radius 2 is 2.13 bits per heavy atom. The Kier molecular flexibility index (Phi) is 4.13. The first-order valence-corrected chi connectivity index (χ1v) is 10.0. The van der Waals surface area contributed by atoms with Crippen LogP contribution in [0.15, 0.2) is 23.1 Å². The number of pyridine rings is 1. The number of piperidine rings is 1. The molecule has 2 N–H and O–H groups in total. The molecule has 1 unspecified atom stereocenters. The van der Waals surface area contributed by atoms with Crippen LogP contribution >= 0.6 is 0 Å². The van der Waals surface area contributed by atoms with E-state index in [1.54, 1.807) is 11.0 Å². The Balaban J connectivity index is 1.48. The van der Waals surface area contributed by atoms with Crippen molar-refractivity contribution in [1.82, 2.24) is 29.3 Å². The fraction of sp³-hybridized carbons (Fsp3) is 0.450. The lowest BCUT2D eigenvalue weighted by molar-refractivity contribution is 0.0798. The number of likely N-dealkylation sites (tertiary alicyclic amines) is 1. The van der Waals surface area contributed by atoms with Gasteiger partial charge in [0.05, 0.1) is 11.7 Å². The highest BCUT2D eigenvalue weighted by Crippen LogP contribution is 2.42. The number of hydrogen-bond acceptors (Lipinski definition) is 5. The molecule has 1 aliphatic heterocycles. The Morgan fingerprint density at radius 3 is 2.83 bits per heavy atom. The fourth-order valence-corrected chi connectivity index (χ4v) is 4.67. The van der Waals surface area contributed by atoms with Gasteiger partial charge in [-0.25, -0.2) is 9.48 Å². The number of nitrogens with zero attached hydrogens (tertiary/aromatic N) is 6.